The summed E-state index contributed by atoms with van der Waals surface area (Å²) in [5.74, 6) is 0.377. The molecule has 0 aliphatic heterocycles. The van der Waals surface area contributed by atoms with Gasteiger partial charge >= 0.3 is 0 Å². The molecule has 0 aliphatic carbocycles. The zero-order valence-corrected chi connectivity index (χ0v) is 13.4. The third-order valence-corrected chi connectivity index (χ3v) is 3.41. The number of rotatable bonds is 3. The standard InChI is InChI=1S/C15H18BrN3O/c1-15(2,3)19-8-7-17-13(14(19)20)18-10-11-5-4-6-12(16)9-11/h4-9H,10H2,1-3H3,(H,17,18). The van der Waals surface area contributed by atoms with Crippen molar-refractivity contribution in [2.75, 3.05) is 5.32 Å². The van der Waals surface area contributed by atoms with E-state index in [1.807, 2.05) is 45.0 Å². The zero-order valence-electron chi connectivity index (χ0n) is 11.9. The average Bonchev–Trinajstić information content (AvgIpc) is 2.36. The molecule has 0 spiro atoms. The van der Waals surface area contributed by atoms with Gasteiger partial charge in [-0.3, -0.25) is 4.79 Å². The van der Waals surface area contributed by atoms with Gasteiger partial charge in [-0.2, -0.15) is 0 Å². The number of halogens is 1. The molecule has 2 aromatic rings. The molecule has 0 saturated carbocycles. The van der Waals surface area contributed by atoms with E-state index < -0.39 is 0 Å². The lowest BCUT2D eigenvalue weighted by molar-refractivity contribution is 0.383. The molecule has 2 rings (SSSR count). The summed E-state index contributed by atoms with van der Waals surface area (Å²) >= 11 is 3.43. The Balaban J connectivity index is 2.21. The lowest BCUT2D eigenvalue weighted by Gasteiger charge is -2.22. The predicted molar refractivity (Wildman–Crippen MR) is 85.0 cm³/mol. The normalized spacial score (nSPS) is 11.4. The Morgan fingerprint density at radius 1 is 1.35 bits per heavy atom. The van der Waals surface area contributed by atoms with Crippen molar-refractivity contribution in [3.63, 3.8) is 0 Å². The van der Waals surface area contributed by atoms with Gasteiger partial charge in [-0.1, -0.05) is 28.1 Å². The molecule has 0 atom stereocenters. The van der Waals surface area contributed by atoms with Gasteiger partial charge in [-0.15, -0.1) is 0 Å². The van der Waals surface area contributed by atoms with Crippen molar-refractivity contribution < 1.29 is 0 Å². The van der Waals surface area contributed by atoms with E-state index in [2.05, 4.69) is 26.2 Å². The summed E-state index contributed by atoms with van der Waals surface area (Å²) in [4.78, 5) is 16.5. The Morgan fingerprint density at radius 3 is 2.75 bits per heavy atom. The first kappa shape index (κ1) is 14.8. The van der Waals surface area contributed by atoms with Crippen LogP contribution in [0.15, 0.2) is 45.9 Å². The fraction of sp³-hybridized carbons (Fsp3) is 0.333. The van der Waals surface area contributed by atoms with Crippen molar-refractivity contribution in [2.45, 2.75) is 32.9 Å². The number of benzene rings is 1. The first-order valence-electron chi connectivity index (χ1n) is 6.44. The molecular formula is C15H18BrN3O. The Kier molecular flexibility index (Phi) is 4.28. The van der Waals surface area contributed by atoms with Gasteiger partial charge < -0.3 is 9.88 Å². The van der Waals surface area contributed by atoms with Crippen LogP contribution in [-0.4, -0.2) is 9.55 Å². The molecule has 106 valence electrons. The minimum absolute atomic E-state index is 0.102. The molecule has 0 aliphatic rings. The van der Waals surface area contributed by atoms with Crippen molar-refractivity contribution >= 4 is 21.7 Å². The van der Waals surface area contributed by atoms with Crippen LogP contribution in [0, 0.1) is 0 Å². The van der Waals surface area contributed by atoms with Crippen LogP contribution in [0.4, 0.5) is 5.82 Å². The topological polar surface area (TPSA) is 46.9 Å². The van der Waals surface area contributed by atoms with Crippen molar-refractivity contribution in [1.29, 1.82) is 0 Å². The van der Waals surface area contributed by atoms with E-state index in [0.29, 0.717) is 12.4 Å². The van der Waals surface area contributed by atoms with Crippen LogP contribution in [0.2, 0.25) is 0 Å². The number of hydrogen-bond donors (Lipinski definition) is 1. The summed E-state index contributed by atoms with van der Waals surface area (Å²) in [6.45, 7) is 6.54. The second-order valence-electron chi connectivity index (χ2n) is 5.61. The van der Waals surface area contributed by atoms with Crippen LogP contribution in [0.25, 0.3) is 0 Å². The second kappa shape index (κ2) is 5.79. The molecule has 4 nitrogen and oxygen atoms in total. The predicted octanol–water partition coefficient (Wildman–Crippen LogP) is 3.37. The van der Waals surface area contributed by atoms with E-state index in [1.165, 1.54) is 0 Å². The maximum Gasteiger partial charge on any atom is 0.293 e. The van der Waals surface area contributed by atoms with Gasteiger partial charge in [0.15, 0.2) is 5.82 Å². The van der Waals surface area contributed by atoms with Crippen molar-refractivity contribution in [3.05, 3.63) is 57.0 Å². The van der Waals surface area contributed by atoms with Gasteiger partial charge in [0.2, 0.25) is 0 Å². The van der Waals surface area contributed by atoms with E-state index in [4.69, 9.17) is 0 Å². The molecule has 1 aromatic carbocycles. The average molecular weight is 336 g/mol. The molecule has 0 fully saturated rings. The molecule has 1 heterocycles. The van der Waals surface area contributed by atoms with Gasteiger partial charge in [-0.25, -0.2) is 4.98 Å². The summed E-state index contributed by atoms with van der Waals surface area (Å²) in [6.07, 6.45) is 3.36. The van der Waals surface area contributed by atoms with Crippen molar-refractivity contribution in [3.8, 4) is 0 Å². The lowest BCUT2D eigenvalue weighted by Crippen LogP contribution is -2.35. The van der Waals surface area contributed by atoms with E-state index in [0.717, 1.165) is 10.0 Å². The molecular weight excluding hydrogens is 318 g/mol. The highest BCUT2D eigenvalue weighted by Crippen LogP contribution is 2.13. The Morgan fingerprint density at radius 2 is 2.10 bits per heavy atom. The van der Waals surface area contributed by atoms with Gasteiger partial charge in [-0.05, 0) is 38.5 Å². The van der Waals surface area contributed by atoms with Gasteiger partial charge in [0.05, 0.1) is 0 Å². The zero-order chi connectivity index (χ0) is 14.8. The summed E-state index contributed by atoms with van der Waals surface area (Å²) in [7, 11) is 0. The minimum Gasteiger partial charge on any atom is -0.361 e. The smallest absolute Gasteiger partial charge is 0.293 e. The largest absolute Gasteiger partial charge is 0.361 e. The number of nitrogens with zero attached hydrogens (tertiary/aromatic N) is 2. The number of hydrogen-bond acceptors (Lipinski definition) is 3. The highest BCUT2D eigenvalue weighted by molar-refractivity contribution is 9.10. The maximum atomic E-state index is 12.3. The molecule has 0 amide bonds. The highest BCUT2D eigenvalue weighted by atomic mass is 79.9. The number of nitrogens with one attached hydrogen (secondary N) is 1. The summed E-state index contributed by atoms with van der Waals surface area (Å²) in [5, 5.41) is 3.10. The second-order valence-corrected chi connectivity index (χ2v) is 6.52. The first-order valence-corrected chi connectivity index (χ1v) is 7.24. The third-order valence-electron chi connectivity index (χ3n) is 2.91. The Hall–Kier alpha value is -1.62. The van der Waals surface area contributed by atoms with E-state index in [9.17, 15) is 4.79 Å². The van der Waals surface area contributed by atoms with Gasteiger partial charge in [0.25, 0.3) is 5.56 Å². The van der Waals surface area contributed by atoms with Crippen LogP contribution in [0.3, 0.4) is 0 Å². The summed E-state index contributed by atoms with van der Waals surface area (Å²) < 4.78 is 2.70. The molecule has 0 unspecified atom stereocenters. The molecule has 1 N–H and O–H groups in total. The first-order chi connectivity index (χ1) is 9.38. The molecule has 0 radical (unpaired) electrons. The van der Waals surface area contributed by atoms with Crippen molar-refractivity contribution in [2.24, 2.45) is 0 Å². The van der Waals surface area contributed by atoms with Gasteiger partial charge in [0.1, 0.15) is 0 Å². The number of aromatic nitrogens is 2. The monoisotopic (exact) mass is 335 g/mol. The molecule has 0 bridgehead atoms. The summed E-state index contributed by atoms with van der Waals surface area (Å²) in [5.41, 5.74) is 0.730. The van der Waals surface area contributed by atoms with Crippen LogP contribution >= 0.6 is 15.9 Å². The number of anilines is 1. The third kappa shape index (κ3) is 3.48. The molecule has 5 heteroatoms. The minimum atomic E-state index is -0.258. The molecule has 20 heavy (non-hydrogen) atoms. The van der Waals surface area contributed by atoms with Gasteiger partial charge in [0, 0.05) is 29.0 Å². The fourth-order valence-electron chi connectivity index (χ4n) is 1.89. The molecule has 1 aromatic heterocycles. The fourth-order valence-corrected chi connectivity index (χ4v) is 2.34. The van der Waals surface area contributed by atoms with E-state index in [-0.39, 0.29) is 11.1 Å². The maximum absolute atomic E-state index is 12.3. The van der Waals surface area contributed by atoms with Crippen LogP contribution in [-0.2, 0) is 12.1 Å². The van der Waals surface area contributed by atoms with E-state index in [1.54, 1.807) is 17.0 Å². The Labute approximate surface area is 127 Å². The van der Waals surface area contributed by atoms with Crippen molar-refractivity contribution in [1.82, 2.24) is 9.55 Å². The molecule has 0 saturated heterocycles. The summed E-state index contributed by atoms with van der Waals surface area (Å²) in [6, 6.07) is 7.95. The van der Waals surface area contributed by atoms with Crippen LogP contribution in [0.1, 0.15) is 26.3 Å². The lowest BCUT2D eigenvalue weighted by atomic mass is 10.1. The quantitative estimate of drug-likeness (QED) is 0.935. The Bertz CT molecular complexity index is 659. The van der Waals surface area contributed by atoms with E-state index >= 15 is 0 Å². The SMILES string of the molecule is CC(C)(C)n1ccnc(NCc2cccc(Br)c2)c1=O. The highest BCUT2D eigenvalue weighted by Gasteiger charge is 2.16. The van der Waals surface area contributed by atoms with Crippen LogP contribution < -0.4 is 10.9 Å². The van der Waals surface area contributed by atoms with Crippen LogP contribution in [0.5, 0.6) is 0 Å².